The van der Waals surface area contributed by atoms with E-state index < -0.39 is 11.6 Å². The van der Waals surface area contributed by atoms with Crippen molar-refractivity contribution in [3.8, 4) is 5.75 Å². The average molecular weight is 450 g/mol. The van der Waals surface area contributed by atoms with Gasteiger partial charge in [-0.25, -0.2) is 0 Å². The number of fused-ring (bicyclic) bond motifs is 2. The van der Waals surface area contributed by atoms with Gasteiger partial charge in [0, 0.05) is 42.8 Å². The fourth-order valence-corrected chi connectivity index (χ4v) is 6.01. The quantitative estimate of drug-likeness (QED) is 0.633. The number of hydrogen-bond acceptors (Lipinski definition) is 6. The van der Waals surface area contributed by atoms with Crippen LogP contribution in [0.15, 0.2) is 53.4 Å². The summed E-state index contributed by atoms with van der Waals surface area (Å²) in [5, 5.41) is 0. The second-order valence-electron chi connectivity index (χ2n) is 8.73. The van der Waals surface area contributed by atoms with Gasteiger partial charge in [-0.3, -0.25) is 9.59 Å². The molecule has 2 heterocycles. The lowest BCUT2D eigenvalue weighted by Gasteiger charge is -2.45. The van der Waals surface area contributed by atoms with E-state index >= 15 is 0 Å². The van der Waals surface area contributed by atoms with Gasteiger partial charge in [-0.15, -0.1) is 11.8 Å². The van der Waals surface area contributed by atoms with Crippen molar-refractivity contribution in [1.82, 2.24) is 4.90 Å². The van der Waals surface area contributed by atoms with Gasteiger partial charge in [-0.1, -0.05) is 30.3 Å². The van der Waals surface area contributed by atoms with Gasteiger partial charge in [-0.05, 0) is 43.1 Å². The first-order valence-corrected chi connectivity index (χ1v) is 12.2. The molecule has 0 radical (unpaired) electrons. The van der Waals surface area contributed by atoms with Crippen molar-refractivity contribution in [2.45, 2.75) is 31.3 Å². The zero-order valence-electron chi connectivity index (χ0n) is 18.3. The van der Waals surface area contributed by atoms with Gasteiger partial charge in [0.15, 0.2) is 0 Å². The highest BCUT2D eigenvalue weighted by Gasteiger charge is 2.46. The van der Waals surface area contributed by atoms with Crippen LogP contribution < -0.4 is 4.74 Å². The summed E-state index contributed by atoms with van der Waals surface area (Å²) in [4.78, 5) is 28.2. The predicted octanol–water partition coefficient (Wildman–Crippen LogP) is 4.36. The highest BCUT2D eigenvalue weighted by molar-refractivity contribution is 8.04. The molecule has 0 saturated carbocycles. The Balaban J connectivity index is 1.27. The number of carbonyl (C=O) groups excluding carboxylic acids is 2. The van der Waals surface area contributed by atoms with Gasteiger partial charge in [0.25, 0.3) is 0 Å². The Hall–Kier alpha value is -2.57. The van der Waals surface area contributed by atoms with Crippen LogP contribution in [0.1, 0.15) is 40.7 Å². The molecule has 0 aromatic heterocycles. The van der Waals surface area contributed by atoms with E-state index in [1.54, 1.807) is 19.2 Å². The Labute approximate surface area is 192 Å². The number of methoxy groups -OCH3 is 1. The van der Waals surface area contributed by atoms with Gasteiger partial charge in [-0.2, -0.15) is 0 Å². The molecule has 32 heavy (non-hydrogen) atoms. The average Bonchev–Trinajstić information content (AvgIpc) is 2.84. The third-order valence-electron chi connectivity index (χ3n) is 6.68. The number of benzene rings is 2. The molecule has 0 N–H and O–H groups in total. The molecule has 0 atom stereocenters. The number of nitrogens with zero attached hydrogens (tertiary/aromatic N) is 1. The number of piperidine rings is 1. The molecule has 6 heteroatoms. The summed E-state index contributed by atoms with van der Waals surface area (Å²) in [6.45, 7) is 3.05. The lowest BCUT2D eigenvalue weighted by molar-refractivity contribution is -0.111. The first-order chi connectivity index (χ1) is 15.6. The molecule has 1 spiro atoms. The van der Waals surface area contributed by atoms with E-state index in [1.807, 2.05) is 6.07 Å². The molecule has 2 aromatic rings. The monoisotopic (exact) mass is 449 g/mol. The summed E-state index contributed by atoms with van der Waals surface area (Å²) in [6.07, 6.45) is 4.08. The lowest BCUT2D eigenvalue weighted by Crippen LogP contribution is -2.49. The fourth-order valence-electron chi connectivity index (χ4n) is 4.75. The molecule has 0 amide bonds. The standard InChI is InChI=1S/C26H27NO4S/c1-30-19-9-10-20-21(16-19)24-25(23(29)22(20)28)32-17-26(31-24)11-14-27(15-12-26)13-5-8-18-6-3-2-4-7-18/h2-4,6-7,9-10,16H,5,8,11-15,17H2,1H3. The minimum atomic E-state index is -0.457. The molecule has 5 nitrogen and oxygen atoms in total. The molecule has 166 valence electrons. The largest absolute Gasteiger partial charge is 0.497 e. The summed E-state index contributed by atoms with van der Waals surface area (Å²) in [7, 11) is 1.60. The third kappa shape index (κ3) is 3.97. The minimum absolute atomic E-state index is 0.291. The number of hydrogen-bond donors (Lipinski definition) is 0. The van der Waals surface area contributed by atoms with Crippen molar-refractivity contribution < 1.29 is 19.1 Å². The SMILES string of the molecule is COc1ccc2c(c1)C1=C(SCC3(CCN(CCCc4ccccc4)CC3)O1)C(=O)C2=O. The van der Waals surface area contributed by atoms with Crippen LogP contribution >= 0.6 is 11.8 Å². The van der Waals surface area contributed by atoms with Crippen molar-refractivity contribution in [3.63, 3.8) is 0 Å². The number of rotatable bonds is 5. The molecule has 5 rings (SSSR count). The van der Waals surface area contributed by atoms with Crippen LogP contribution in [0.2, 0.25) is 0 Å². The zero-order chi connectivity index (χ0) is 22.1. The summed E-state index contributed by atoms with van der Waals surface area (Å²) >= 11 is 1.48. The van der Waals surface area contributed by atoms with Crippen LogP contribution in [0.25, 0.3) is 5.76 Å². The number of likely N-dealkylation sites (tertiary alicyclic amines) is 1. The highest BCUT2D eigenvalue weighted by Crippen LogP contribution is 2.47. The maximum Gasteiger partial charge on any atom is 0.243 e. The second-order valence-corrected chi connectivity index (χ2v) is 9.72. The molecule has 2 aliphatic heterocycles. The fraction of sp³-hybridized carbons (Fsp3) is 0.385. The summed E-state index contributed by atoms with van der Waals surface area (Å²) in [6, 6.07) is 15.8. The van der Waals surface area contributed by atoms with E-state index in [9.17, 15) is 9.59 Å². The highest BCUT2D eigenvalue weighted by atomic mass is 32.2. The van der Waals surface area contributed by atoms with E-state index in [0.717, 1.165) is 45.3 Å². The molecule has 1 saturated heterocycles. The smallest absolute Gasteiger partial charge is 0.243 e. The van der Waals surface area contributed by atoms with Crippen molar-refractivity contribution >= 4 is 29.1 Å². The van der Waals surface area contributed by atoms with Crippen molar-refractivity contribution in [2.24, 2.45) is 0 Å². The van der Waals surface area contributed by atoms with E-state index in [1.165, 1.54) is 17.3 Å². The van der Waals surface area contributed by atoms with Gasteiger partial charge < -0.3 is 14.4 Å². The second kappa shape index (κ2) is 8.75. The Kier molecular flexibility index (Phi) is 5.82. The normalized spacial score (nSPS) is 20.0. The Morgan fingerprint density at radius 3 is 2.56 bits per heavy atom. The molecule has 3 aliphatic rings. The van der Waals surface area contributed by atoms with Gasteiger partial charge in [0.2, 0.25) is 11.6 Å². The molecule has 1 aliphatic carbocycles. The maximum atomic E-state index is 12.7. The maximum absolute atomic E-state index is 12.7. The van der Waals surface area contributed by atoms with Crippen LogP contribution in [0.5, 0.6) is 5.75 Å². The molecule has 1 fully saturated rings. The topological polar surface area (TPSA) is 55.8 Å². The minimum Gasteiger partial charge on any atom is -0.497 e. The number of ether oxygens (including phenoxy) is 2. The van der Waals surface area contributed by atoms with Gasteiger partial charge in [0.05, 0.1) is 7.11 Å². The molecule has 0 bridgehead atoms. The first kappa shape index (κ1) is 21.3. The number of ketones is 2. The van der Waals surface area contributed by atoms with Crippen LogP contribution in [0, 0.1) is 0 Å². The molecule has 2 aromatic carbocycles. The Bertz CT molecular complexity index is 1070. The van der Waals surface area contributed by atoms with Crippen molar-refractivity contribution in [3.05, 3.63) is 70.1 Å². The van der Waals surface area contributed by atoms with Crippen molar-refractivity contribution in [2.75, 3.05) is 32.5 Å². The number of Topliss-reactive ketones (excluding diaryl/α,β-unsaturated/α-hetero) is 2. The van der Waals surface area contributed by atoms with E-state index in [2.05, 4.69) is 35.2 Å². The summed E-state index contributed by atoms with van der Waals surface area (Å²) in [5.74, 6) is 1.02. The van der Waals surface area contributed by atoms with Crippen LogP contribution in [0.4, 0.5) is 0 Å². The van der Waals surface area contributed by atoms with Gasteiger partial charge >= 0.3 is 0 Å². The number of allylic oxidation sites excluding steroid dienone is 1. The molecular formula is C26H27NO4S. The number of carbonyl (C=O) groups is 2. The summed E-state index contributed by atoms with van der Waals surface area (Å²) in [5.41, 5.74) is 2.19. The van der Waals surface area contributed by atoms with E-state index in [4.69, 9.17) is 9.47 Å². The number of aryl methyl sites for hydroxylation is 1. The van der Waals surface area contributed by atoms with Crippen LogP contribution in [0.3, 0.4) is 0 Å². The zero-order valence-corrected chi connectivity index (χ0v) is 19.1. The Morgan fingerprint density at radius 1 is 1.03 bits per heavy atom. The van der Waals surface area contributed by atoms with E-state index in [-0.39, 0.29) is 5.60 Å². The first-order valence-electron chi connectivity index (χ1n) is 11.2. The number of thioether (sulfide) groups is 1. The lowest BCUT2D eigenvalue weighted by atomic mass is 9.89. The summed E-state index contributed by atoms with van der Waals surface area (Å²) < 4.78 is 11.9. The van der Waals surface area contributed by atoms with Crippen LogP contribution in [-0.2, 0) is 16.0 Å². The molecule has 0 unspecified atom stereocenters. The van der Waals surface area contributed by atoms with Crippen molar-refractivity contribution in [1.29, 1.82) is 0 Å². The van der Waals surface area contributed by atoms with Gasteiger partial charge in [0.1, 0.15) is 22.0 Å². The third-order valence-corrected chi connectivity index (χ3v) is 8.01. The Morgan fingerprint density at radius 2 is 1.81 bits per heavy atom. The van der Waals surface area contributed by atoms with E-state index in [0.29, 0.717) is 33.3 Å². The predicted molar refractivity (Wildman–Crippen MR) is 126 cm³/mol. The van der Waals surface area contributed by atoms with Crippen LogP contribution in [-0.4, -0.2) is 54.6 Å². The molecular weight excluding hydrogens is 422 g/mol.